The molecule has 1 aliphatic rings. The number of hydrogen-bond acceptors (Lipinski definition) is 8. The van der Waals surface area contributed by atoms with Crippen LogP contribution in [0, 0.1) is 0 Å². The van der Waals surface area contributed by atoms with E-state index in [1.54, 1.807) is 0 Å². The van der Waals surface area contributed by atoms with Gasteiger partial charge >= 0.3 is 32.2 Å². The normalized spacial score (nSPS) is 29.8. The third kappa shape index (κ3) is 8.18. The molecule has 0 spiro atoms. The van der Waals surface area contributed by atoms with Gasteiger partial charge in [-0.1, -0.05) is 0 Å². The van der Waals surface area contributed by atoms with Crippen LogP contribution in [-0.2, 0) is 36.4 Å². The Morgan fingerprint density at radius 2 is 1.08 bits per heavy atom. The van der Waals surface area contributed by atoms with Crippen molar-refractivity contribution in [2.24, 2.45) is 0 Å². The SMILES string of the molecule is O=POC1CCC(OP(=O)(O)O)C(OP(=O)(O)O)C1OP(=O)(O)O. The molecule has 14 nitrogen and oxygen atoms in total. The minimum atomic E-state index is -5.29. The summed E-state index contributed by atoms with van der Waals surface area (Å²) in [7, 11) is -16.6. The molecule has 0 bridgehead atoms. The largest absolute Gasteiger partial charge is 0.470 e. The molecular formula is C6H14O14P4. The molecule has 0 amide bonds. The van der Waals surface area contributed by atoms with Gasteiger partial charge in [-0.05, 0) is 12.8 Å². The van der Waals surface area contributed by atoms with E-state index in [0.29, 0.717) is 0 Å². The van der Waals surface area contributed by atoms with E-state index >= 15 is 0 Å². The van der Waals surface area contributed by atoms with Crippen LogP contribution >= 0.6 is 32.2 Å². The first-order chi connectivity index (χ1) is 10.7. The highest BCUT2D eigenvalue weighted by Crippen LogP contribution is 2.50. The van der Waals surface area contributed by atoms with Gasteiger partial charge in [-0.15, -0.1) is 0 Å². The molecule has 24 heavy (non-hydrogen) atoms. The summed E-state index contributed by atoms with van der Waals surface area (Å²) in [4.78, 5) is 53.3. The first-order valence-corrected chi connectivity index (χ1v) is 11.2. The van der Waals surface area contributed by atoms with Crippen molar-refractivity contribution < 1.29 is 65.7 Å². The van der Waals surface area contributed by atoms with Gasteiger partial charge in [-0.2, -0.15) is 0 Å². The molecule has 142 valence electrons. The molecule has 1 aliphatic carbocycles. The summed E-state index contributed by atoms with van der Waals surface area (Å²) >= 11 is 0. The number of rotatable bonds is 8. The maximum absolute atomic E-state index is 11.1. The lowest BCUT2D eigenvalue weighted by Crippen LogP contribution is -2.52. The molecule has 0 aromatic carbocycles. The molecule has 0 heterocycles. The molecule has 4 atom stereocenters. The molecule has 6 N–H and O–H groups in total. The van der Waals surface area contributed by atoms with Gasteiger partial charge in [0.1, 0.15) is 18.3 Å². The van der Waals surface area contributed by atoms with Gasteiger partial charge in [0.05, 0.1) is 6.10 Å². The smallest absolute Gasteiger partial charge is 0.303 e. The number of phosphoric acid groups is 3. The van der Waals surface area contributed by atoms with Crippen LogP contribution < -0.4 is 0 Å². The number of hydrogen-bond donors (Lipinski definition) is 6. The molecule has 0 aromatic rings. The van der Waals surface area contributed by atoms with Gasteiger partial charge in [-0.25, -0.2) is 18.3 Å². The monoisotopic (exact) mass is 434 g/mol. The maximum atomic E-state index is 11.1. The summed E-state index contributed by atoms with van der Waals surface area (Å²) in [6.07, 6.45) is -7.57. The van der Waals surface area contributed by atoms with Crippen molar-refractivity contribution in [3.05, 3.63) is 0 Å². The molecular weight excluding hydrogens is 420 g/mol. The Balaban J connectivity index is 3.20. The second-order valence-corrected chi connectivity index (χ2v) is 8.49. The fourth-order valence-corrected chi connectivity index (χ4v) is 4.17. The Hall–Kier alpha value is 0.390. The first-order valence-electron chi connectivity index (χ1n) is 5.92. The van der Waals surface area contributed by atoms with Crippen molar-refractivity contribution in [2.45, 2.75) is 37.3 Å². The lowest BCUT2D eigenvalue weighted by molar-refractivity contribution is -0.114. The van der Waals surface area contributed by atoms with E-state index < -0.39 is 56.6 Å². The molecule has 1 rings (SSSR count). The Labute approximate surface area is 136 Å². The van der Waals surface area contributed by atoms with E-state index in [0.717, 1.165) is 0 Å². The Kier molecular flexibility index (Phi) is 7.84. The third-order valence-corrected chi connectivity index (χ3v) is 4.70. The zero-order valence-electron chi connectivity index (χ0n) is 11.5. The van der Waals surface area contributed by atoms with Crippen molar-refractivity contribution in [2.75, 3.05) is 0 Å². The van der Waals surface area contributed by atoms with Crippen molar-refractivity contribution in [1.29, 1.82) is 0 Å². The molecule has 0 aliphatic heterocycles. The van der Waals surface area contributed by atoms with Crippen LogP contribution in [0.2, 0.25) is 0 Å². The van der Waals surface area contributed by atoms with E-state index in [1.807, 2.05) is 0 Å². The van der Waals surface area contributed by atoms with E-state index in [2.05, 4.69) is 18.1 Å². The molecule has 0 aromatic heterocycles. The summed E-state index contributed by atoms with van der Waals surface area (Å²) in [6.45, 7) is 0. The summed E-state index contributed by atoms with van der Waals surface area (Å²) < 4.78 is 61.2. The predicted molar refractivity (Wildman–Crippen MR) is 72.5 cm³/mol. The summed E-state index contributed by atoms with van der Waals surface area (Å²) in [5, 5.41) is 0. The molecule has 1 saturated carbocycles. The van der Waals surface area contributed by atoms with Gasteiger partial charge in [0, 0.05) is 0 Å². The van der Waals surface area contributed by atoms with Crippen molar-refractivity contribution in [3.63, 3.8) is 0 Å². The first kappa shape index (κ1) is 22.4. The molecule has 0 radical (unpaired) electrons. The van der Waals surface area contributed by atoms with Crippen LogP contribution in [-0.4, -0.2) is 53.8 Å². The highest BCUT2D eigenvalue weighted by atomic mass is 31.2. The van der Waals surface area contributed by atoms with E-state index in [1.165, 1.54) is 0 Å². The average molecular weight is 434 g/mol. The standard InChI is InChI=1S/C6H14O14P4/c7-21-17-3-1-2-4(18-22(8,9)10)6(20-24(14,15)16)5(3)19-23(11,12)13/h3-6H,1-2H2,(H2,8,9,10)(H2,11,12,13)(H2,14,15,16). The minimum absolute atomic E-state index is 0.217. The lowest BCUT2D eigenvalue weighted by atomic mass is 9.90. The van der Waals surface area contributed by atoms with E-state index in [9.17, 15) is 18.3 Å². The lowest BCUT2D eigenvalue weighted by Gasteiger charge is -2.40. The molecule has 4 unspecified atom stereocenters. The topological polar surface area (TPSA) is 227 Å². The highest BCUT2D eigenvalue weighted by Gasteiger charge is 2.49. The molecule has 0 saturated heterocycles. The third-order valence-electron chi connectivity index (χ3n) is 2.76. The van der Waals surface area contributed by atoms with Gasteiger partial charge in [0.15, 0.2) is 0 Å². The average Bonchev–Trinajstić information content (AvgIpc) is 2.32. The van der Waals surface area contributed by atoms with Crippen LogP contribution in [0.15, 0.2) is 0 Å². The Morgan fingerprint density at radius 1 is 0.708 bits per heavy atom. The predicted octanol–water partition coefficient (Wildman–Crippen LogP) is -0.194. The highest BCUT2D eigenvalue weighted by molar-refractivity contribution is 7.47. The Bertz CT molecular complexity index is 574. The van der Waals surface area contributed by atoms with Crippen LogP contribution in [0.4, 0.5) is 0 Å². The van der Waals surface area contributed by atoms with Gasteiger partial charge < -0.3 is 29.4 Å². The van der Waals surface area contributed by atoms with E-state index in [-0.39, 0.29) is 12.8 Å². The van der Waals surface area contributed by atoms with Crippen LogP contribution in [0.3, 0.4) is 0 Å². The quantitative estimate of drug-likeness (QED) is 0.272. The van der Waals surface area contributed by atoms with E-state index in [4.69, 9.17) is 29.4 Å². The van der Waals surface area contributed by atoms with Gasteiger partial charge in [-0.3, -0.25) is 18.1 Å². The zero-order valence-corrected chi connectivity index (χ0v) is 15.0. The van der Waals surface area contributed by atoms with Crippen molar-refractivity contribution >= 4 is 32.2 Å². The van der Waals surface area contributed by atoms with Crippen LogP contribution in [0.1, 0.15) is 12.8 Å². The van der Waals surface area contributed by atoms with Gasteiger partial charge in [0.25, 0.3) is 0 Å². The summed E-state index contributed by atoms with van der Waals surface area (Å²) in [5.41, 5.74) is 0. The second kappa shape index (κ2) is 8.39. The van der Waals surface area contributed by atoms with Crippen molar-refractivity contribution in [3.8, 4) is 0 Å². The second-order valence-electron chi connectivity index (χ2n) is 4.55. The minimum Gasteiger partial charge on any atom is -0.303 e. The zero-order chi connectivity index (χ0) is 18.8. The molecule has 1 fully saturated rings. The maximum Gasteiger partial charge on any atom is 0.470 e. The number of phosphoric ester groups is 3. The fraction of sp³-hybridized carbons (Fsp3) is 1.00. The summed E-state index contributed by atoms with van der Waals surface area (Å²) in [6, 6.07) is 0. The summed E-state index contributed by atoms with van der Waals surface area (Å²) in [5.74, 6) is 0. The van der Waals surface area contributed by atoms with Crippen LogP contribution in [0.5, 0.6) is 0 Å². The van der Waals surface area contributed by atoms with Crippen molar-refractivity contribution in [1.82, 2.24) is 0 Å². The van der Waals surface area contributed by atoms with Crippen LogP contribution in [0.25, 0.3) is 0 Å². The van der Waals surface area contributed by atoms with Gasteiger partial charge in [0.2, 0.25) is 0 Å². The Morgan fingerprint density at radius 3 is 1.46 bits per heavy atom. The fourth-order valence-electron chi connectivity index (χ4n) is 2.11. The molecule has 18 heteroatoms.